The maximum Gasteiger partial charge on any atom is 0.152 e. The van der Waals surface area contributed by atoms with E-state index in [4.69, 9.17) is 28.2 Å². The Balaban J connectivity index is 1.69. The fourth-order valence-corrected chi connectivity index (χ4v) is 4.41. The first-order valence-electron chi connectivity index (χ1n) is 10.1. The van der Waals surface area contributed by atoms with Crippen LogP contribution < -0.4 is 0 Å². The molecule has 5 rings (SSSR count). The van der Waals surface area contributed by atoms with E-state index in [9.17, 15) is 5.26 Å². The molecule has 154 valence electrons. The quantitative estimate of drug-likeness (QED) is 0.262. The third-order valence-corrected chi connectivity index (χ3v) is 6.07. The highest BCUT2D eigenvalue weighted by Crippen LogP contribution is 2.29. The minimum atomic E-state index is 0.473. The van der Waals surface area contributed by atoms with E-state index in [1.165, 1.54) is 0 Å². The van der Waals surface area contributed by atoms with E-state index in [1.54, 1.807) is 6.07 Å². The van der Waals surface area contributed by atoms with E-state index in [0.717, 1.165) is 32.9 Å². The summed E-state index contributed by atoms with van der Waals surface area (Å²) in [4.78, 5) is 4.81. The number of para-hydroxylation sites is 2. The van der Waals surface area contributed by atoms with Gasteiger partial charge in [-0.15, -0.1) is 0 Å². The molecule has 3 nitrogen and oxygen atoms in total. The van der Waals surface area contributed by atoms with Crippen LogP contribution in [0.5, 0.6) is 0 Å². The third kappa shape index (κ3) is 3.76. The van der Waals surface area contributed by atoms with Crippen molar-refractivity contribution in [1.82, 2.24) is 9.55 Å². The van der Waals surface area contributed by atoms with Gasteiger partial charge in [0.1, 0.15) is 6.07 Å². The topological polar surface area (TPSA) is 41.6 Å². The number of halogens is 2. The predicted molar refractivity (Wildman–Crippen MR) is 133 cm³/mol. The summed E-state index contributed by atoms with van der Waals surface area (Å²) >= 11 is 12.5. The number of nitrogens with zero attached hydrogens (tertiary/aromatic N) is 3. The molecule has 0 aliphatic rings. The summed E-state index contributed by atoms with van der Waals surface area (Å²) in [6.45, 7) is 0.473. The largest absolute Gasteiger partial charge is 0.319 e. The zero-order valence-corrected chi connectivity index (χ0v) is 18.5. The van der Waals surface area contributed by atoms with Crippen molar-refractivity contribution in [3.05, 3.63) is 112 Å². The lowest BCUT2D eigenvalue weighted by Crippen LogP contribution is -2.05. The molecule has 0 spiro atoms. The van der Waals surface area contributed by atoms with Gasteiger partial charge in [0, 0.05) is 10.0 Å². The van der Waals surface area contributed by atoms with Gasteiger partial charge in [-0.3, -0.25) is 0 Å². The molecule has 1 aromatic heterocycles. The van der Waals surface area contributed by atoms with Crippen LogP contribution in [0.2, 0.25) is 10.0 Å². The van der Waals surface area contributed by atoms with E-state index in [2.05, 4.69) is 24.3 Å². The average molecular weight is 454 g/mol. The summed E-state index contributed by atoms with van der Waals surface area (Å²) < 4.78 is 2.03. The van der Waals surface area contributed by atoms with Gasteiger partial charge in [-0.2, -0.15) is 5.26 Å². The SMILES string of the molecule is N#C/C(=C\c1cccc2ccccc12)c1nc2ccccc2n1Cc1ccc(Cl)cc1Cl. The summed E-state index contributed by atoms with van der Waals surface area (Å²) in [6, 6.07) is 29.9. The Morgan fingerprint density at radius 3 is 2.56 bits per heavy atom. The summed E-state index contributed by atoms with van der Waals surface area (Å²) in [5, 5.41) is 13.5. The molecule has 0 bridgehead atoms. The summed E-state index contributed by atoms with van der Waals surface area (Å²) in [6.07, 6.45) is 1.91. The molecule has 0 aliphatic carbocycles. The number of aromatic nitrogens is 2. The minimum Gasteiger partial charge on any atom is -0.319 e. The Hall–Kier alpha value is -3.58. The molecule has 4 aromatic carbocycles. The van der Waals surface area contributed by atoms with Crippen LogP contribution in [0.3, 0.4) is 0 Å². The molecule has 0 atom stereocenters. The molecule has 5 aromatic rings. The van der Waals surface area contributed by atoms with Crippen molar-refractivity contribution in [2.24, 2.45) is 0 Å². The van der Waals surface area contributed by atoms with Gasteiger partial charge in [-0.1, -0.05) is 83.9 Å². The van der Waals surface area contributed by atoms with E-state index in [0.29, 0.717) is 28.0 Å². The van der Waals surface area contributed by atoms with Gasteiger partial charge in [0.15, 0.2) is 5.82 Å². The molecule has 1 heterocycles. The van der Waals surface area contributed by atoms with Crippen molar-refractivity contribution < 1.29 is 0 Å². The predicted octanol–water partition coefficient (Wildman–Crippen LogP) is 7.61. The highest BCUT2D eigenvalue weighted by atomic mass is 35.5. The fraction of sp³-hybridized carbons (Fsp3) is 0.0370. The summed E-state index contributed by atoms with van der Waals surface area (Å²) in [5.74, 6) is 0.604. The molecule has 0 aliphatic heterocycles. The van der Waals surface area contributed by atoms with E-state index in [-0.39, 0.29) is 0 Å². The van der Waals surface area contributed by atoms with Gasteiger partial charge in [-0.05, 0) is 52.2 Å². The first-order chi connectivity index (χ1) is 15.6. The zero-order chi connectivity index (χ0) is 22.1. The highest BCUT2D eigenvalue weighted by molar-refractivity contribution is 6.35. The molecular formula is C27H17Cl2N3. The van der Waals surface area contributed by atoms with Crippen molar-refractivity contribution in [2.45, 2.75) is 6.54 Å². The molecular weight excluding hydrogens is 437 g/mol. The number of nitriles is 1. The van der Waals surface area contributed by atoms with Crippen molar-refractivity contribution in [3.8, 4) is 6.07 Å². The second-order valence-electron chi connectivity index (χ2n) is 7.48. The number of rotatable bonds is 4. The van der Waals surface area contributed by atoms with Crippen LogP contribution in [0.15, 0.2) is 84.9 Å². The lowest BCUT2D eigenvalue weighted by molar-refractivity contribution is 0.811. The molecule has 32 heavy (non-hydrogen) atoms. The Kier molecular flexibility index (Phi) is 5.41. The molecule has 0 N–H and O–H groups in total. The van der Waals surface area contributed by atoms with Gasteiger partial charge < -0.3 is 4.57 Å². The number of hydrogen-bond donors (Lipinski definition) is 0. The summed E-state index contributed by atoms with van der Waals surface area (Å²) in [5.41, 5.74) is 4.13. The molecule has 0 saturated carbocycles. The molecule has 0 unspecified atom stereocenters. The van der Waals surface area contributed by atoms with Crippen LogP contribution in [0.4, 0.5) is 0 Å². The summed E-state index contributed by atoms with van der Waals surface area (Å²) in [7, 11) is 0. The third-order valence-electron chi connectivity index (χ3n) is 5.48. The minimum absolute atomic E-state index is 0.473. The van der Waals surface area contributed by atoms with Crippen molar-refractivity contribution in [3.63, 3.8) is 0 Å². The number of benzene rings is 4. The number of allylic oxidation sites excluding steroid dienone is 1. The van der Waals surface area contributed by atoms with Crippen LogP contribution in [0.25, 0.3) is 33.5 Å². The Bertz CT molecular complexity index is 1530. The van der Waals surface area contributed by atoms with Gasteiger partial charge in [-0.25, -0.2) is 4.98 Å². The maximum atomic E-state index is 10.1. The van der Waals surface area contributed by atoms with Gasteiger partial charge >= 0.3 is 0 Å². The normalized spacial score (nSPS) is 11.7. The van der Waals surface area contributed by atoms with Crippen molar-refractivity contribution in [1.29, 1.82) is 5.26 Å². The van der Waals surface area contributed by atoms with Crippen molar-refractivity contribution >= 4 is 56.7 Å². The maximum absolute atomic E-state index is 10.1. The second kappa shape index (κ2) is 8.51. The van der Waals surface area contributed by atoms with Gasteiger partial charge in [0.2, 0.25) is 0 Å². The number of imidazole rings is 1. The van der Waals surface area contributed by atoms with Crippen LogP contribution in [0, 0.1) is 11.3 Å². The van der Waals surface area contributed by atoms with Crippen LogP contribution in [-0.2, 0) is 6.54 Å². The lowest BCUT2D eigenvalue weighted by atomic mass is 10.0. The Morgan fingerprint density at radius 2 is 1.72 bits per heavy atom. The highest BCUT2D eigenvalue weighted by Gasteiger charge is 2.16. The Morgan fingerprint density at radius 1 is 0.938 bits per heavy atom. The second-order valence-corrected chi connectivity index (χ2v) is 8.33. The number of hydrogen-bond acceptors (Lipinski definition) is 2. The lowest BCUT2D eigenvalue weighted by Gasteiger charge is -2.11. The Labute approximate surface area is 195 Å². The first kappa shape index (κ1) is 20.3. The standard InChI is InChI=1S/C27H17Cl2N3/c28-22-13-12-20(24(29)15-22)17-32-26-11-4-3-10-25(26)31-27(32)21(16-30)14-19-8-5-7-18-6-1-2-9-23(18)19/h1-15H,17H2/b21-14+. The average Bonchev–Trinajstić information content (AvgIpc) is 3.17. The van der Waals surface area contributed by atoms with Crippen LogP contribution in [0.1, 0.15) is 17.0 Å². The van der Waals surface area contributed by atoms with Crippen LogP contribution in [-0.4, -0.2) is 9.55 Å². The molecule has 0 fully saturated rings. The van der Waals surface area contributed by atoms with Crippen LogP contribution >= 0.6 is 23.2 Å². The fourth-order valence-electron chi connectivity index (χ4n) is 3.94. The van der Waals surface area contributed by atoms with Crippen molar-refractivity contribution in [2.75, 3.05) is 0 Å². The smallest absolute Gasteiger partial charge is 0.152 e. The number of fused-ring (bicyclic) bond motifs is 2. The van der Waals surface area contributed by atoms with Gasteiger partial charge in [0.25, 0.3) is 0 Å². The zero-order valence-electron chi connectivity index (χ0n) is 17.0. The van der Waals surface area contributed by atoms with Gasteiger partial charge in [0.05, 0.1) is 23.2 Å². The monoisotopic (exact) mass is 453 g/mol. The first-order valence-corrected chi connectivity index (χ1v) is 10.9. The molecule has 0 saturated heterocycles. The van der Waals surface area contributed by atoms with E-state index < -0.39 is 0 Å². The molecule has 5 heteroatoms. The molecule has 0 amide bonds. The van der Waals surface area contributed by atoms with E-state index >= 15 is 0 Å². The molecule has 0 radical (unpaired) electrons. The van der Waals surface area contributed by atoms with E-state index in [1.807, 2.05) is 71.3 Å².